The van der Waals surface area contributed by atoms with Gasteiger partial charge in [0.1, 0.15) is 0 Å². The van der Waals surface area contributed by atoms with Crippen LogP contribution in [0.2, 0.25) is 0 Å². The molecule has 0 saturated carbocycles. The minimum Gasteiger partial charge on any atom is -0.441 e. The van der Waals surface area contributed by atoms with Crippen molar-refractivity contribution in [3.05, 3.63) is 77.9 Å². The van der Waals surface area contributed by atoms with Crippen molar-refractivity contribution in [2.24, 2.45) is 0 Å². The van der Waals surface area contributed by atoms with Gasteiger partial charge in [-0.15, -0.1) is 17.9 Å². The molecule has 0 spiro atoms. The molecule has 3 aromatic heterocycles. The Morgan fingerprint density at radius 2 is 2.10 bits per heavy atom. The van der Waals surface area contributed by atoms with E-state index in [0.717, 1.165) is 34.8 Å². The molecule has 158 valence electrons. The molecule has 1 N–H and O–H groups in total. The predicted molar refractivity (Wildman–Crippen MR) is 124 cm³/mol. The highest BCUT2D eigenvalue weighted by Gasteiger charge is 2.15. The predicted octanol–water partition coefficient (Wildman–Crippen LogP) is 5.64. The van der Waals surface area contributed by atoms with Gasteiger partial charge in [-0.05, 0) is 19.9 Å². The van der Waals surface area contributed by atoms with Crippen molar-refractivity contribution < 1.29 is 9.21 Å². The van der Waals surface area contributed by atoms with Crippen molar-refractivity contribution in [2.45, 2.75) is 33.2 Å². The summed E-state index contributed by atoms with van der Waals surface area (Å²) in [6.45, 7) is 8.73. The summed E-state index contributed by atoms with van der Waals surface area (Å²) in [5.74, 6) is 1.13. The topological polar surface area (TPSA) is 73.0 Å². The second kappa shape index (κ2) is 9.14. The molecule has 4 rings (SSSR count). The Bertz CT molecular complexity index is 1200. The summed E-state index contributed by atoms with van der Waals surface area (Å²) in [6.07, 6.45) is 4.28. The zero-order valence-electron chi connectivity index (χ0n) is 17.6. The number of nitrogens with zero attached hydrogens (tertiary/aromatic N) is 3. The Labute approximate surface area is 185 Å². The maximum atomic E-state index is 12.4. The van der Waals surface area contributed by atoms with E-state index in [1.807, 2.05) is 41.8 Å². The molecule has 1 amide bonds. The summed E-state index contributed by atoms with van der Waals surface area (Å²) in [7, 11) is 0. The van der Waals surface area contributed by atoms with E-state index in [9.17, 15) is 4.79 Å². The molecular weight excluding hydrogens is 408 g/mol. The number of thiazole rings is 1. The van der Waals surface area contributed by atoms with E-state index < -0.39 is 0 Å². The first-order valence-corrected chi connectivity index (χ1v) is 11.0. The van der Waals surface area contributed by atoms with Crippen LogP contribution < -0.4 is 5.32 Å². The number of aryl methyl sites for hydroxylation is 2. The first-order chi connectivity index (χ1) is 15.0. The Morgan fingerprint density at radius 3 is 2.87 bits per heavy atom. The van der Waals surface area contributed by atoms with Gasteiger partial charge in [-0.25, -0.2) is 9.97 Å². The monoisotopic (exact) mass is 432 g/mol. The number of carbonyl (C=O) groups excluding carboxylic acids is 1. The largest absolute Gasteiger partial charge is 0.441 e. The number of aromatic nitrogens is 3. The normalized spacial score (nSPS) is 10.9. The fourth-order valence-electron chi connectivity index (χ4n) is 3.49. The van der Waals surface area contributed by atoms with Crippen molar-refractivity contribution in [3.63, 3.8) is 0 Å². The number of anilines is 1. The molecule has 31 heavy (non-hydrogen) atoms. The third-order valence-electron chi connectivity index (χ3n) is 5.09. The highest BCUT2D eigenvalue weighted by Crippen LogP contribution is 2.30. The van der Waals surface area contributed by atoms with Crippen LogP contribution >= 0.6 is 11.3 Å². The fourth-order valence-corrected chi connectivity index (χ4v) is 4.22. The zero-order chi connectivity index (χ0) is 21.8. The van der Waals surface area contributed by atoms with E-state index in [4.69, 9.17) is 4.42 Å². The standard InChI is InChI=1S/C24H24N4O2S/c1-4-12-28-16(2)13-19(17(28)3)20-15-31-24(26-20)27-22(29)10-11-23-25-14-21(30-23)18-8-6-5-7-9-18/h4-9,13-15H,1,10-12H2,2-3H3,(H,26,27,29). The van der Waals surface area contributed by atoms with Gasteiger partial charge in [0.2, 0.25) is 5.91 Å². The van der Waals surface area contributed by atoms with E-state index >= 15 is 0 Å². The number of allylic oxidation sites excluding steroid dienone is 1. The van der Waals surface area contributed by atoms with Gasteiger partial charge in [0, 0.05) is 47.3 Å². The molecular formula is C24H24N4O2S. The van der Waals surface area contributed by atoms with Crippen LogP contribution in [-0.4, -0.2) is 20.4 Å². The van der Waals surface area contributed by atoms with Crippen LogP contribution in [0.15, 0.2) is 65.0 Å². The maximum Gasteiger partial charge on any atom is 0.226 e. The molecule has 0 bridgehead atoms. The molecule has 4 aromatic rings. The average molecular weight is 433 g/mol. The number of hydrogen-bond donors (Lipinski definition) is 1. The SMILES string of the molecule is C=CCn1c(C)cc(-c2csc(NC(=O)CCc3ncc(-c4ccccc4)o3)n2)c1C. The molecule has 0 fully saturated rings. The van der Waals surface area contributed by atoms with Gasteiger partial charge in [0.25, 0.3) is 0 Å². The van der Waals surface area contributed by atoms with Crippen LogP contribution in [0, 0.1) is 13.8 Å². The highest BCUT2D eigenvalue weighted by atomic mass is 32.1. The van der Waals surface area contributed by atoms with E-state index in [2.05, 4.69) is 46.3 Å². The molecule has 0 saturated heterocycles. The van der Waals surface area contributed by atoms with Crippen LogP contribution in [0.5, 0.6) is 0 Å². The van der Waals surface area contributed by atoms with Crippen molar-refractivity contribution >= 4 is 22.4 Å². The van der Waals surface area contributed by atoms with E-state index in [-0.39, 0.29) is 12.3 Å². The van der Waals surface area contributed by atoms with Gasteiger partial charge in [-0.2, -0.15) is 0 Å². The fraction of sp³-hybridized carbons (Fsp3) is 0.208. The minimum absolute atomic E-state index is 0.113. The van der Waals surface area contributed by atoms with Crippen LogP contribution in [0.25, 0.3) is 22.6 Å². The molecule has 3 heterocycles. The van der Waals surface area contributed by atoms with Crippen molar-refractivity contribution in [1.29, 1.82) is 0 Å². The van der Waals surface area contributed by atoms with Gasteiger partial charge in [0.05, 0.1) is 11.9 Å². The van der Waals surface area contributed by atoms with Gasteiger partial charge in [-0.3, -0.25) is 4.79 Å². The second-order valence-corrected chi connectivity index (χ2v) is 8.11. The lowest BCUT2D eigenvalue weighted by atomic mass is 10.2. The average Bonchev–Trinajstić information content (AvgIpc) is 3.49. The Balaban J connectivity index is 1.36. The van der Waals surface area contributed by atoms with Crippen molar-refractivity contribution in [2.75, 3.05) is 5.32 Å². The molecule has 0 atom stereocenters. The summed E-state index contributed by atoms with van der Waals surface area (Å²) in [4.78, 5) is 21.3. The van der Waals surface area contributed by atoms with Crippen LogP contribution in [-0.2, 0) is 17.8 Å². The third kappa shape index (κ3) is 4.67. The smallest absolute Gasteiger partial charge is 0.226 e. The third-order valence-corrected chi connectivity index (χ3v) is 5.85. The summed E-state index contributed by atoms with van der Waals surface area (Å²) in [5, 5.41) is 5.44. The molecule has 7 heteroatoms. The first kappa shape index (κ1) is 20.8. The summed E-state index contributed by atoms with van der Waals surface area (Å²) >= 11 is 1.42. The Morgan fingerprint density at radius 1 is 1.29 bits per heavy atom. The molecule has 0 aliphatic carbocycles. The molecule has 1 aromatic carbocycles. The van der Waals surface area contributed by atoms with Crippen molar-refractivity contribution in [1.82, 2.24) is 14.5 Å². The quantitative estimate of drug-likeness (QED) is 0.366. The van der Waals surface area contributed by atoms with Gasteiger partial charge >= 0.3 is 0 Å². The van der Waals surface area contributed by atoms with E-state index in [1.54, 1.807) is 6.20 Å². The number of hydrogen-bond acceptors (Lipinski definition) is 5. The molecule has 0 aliphatic rings. The van der Waals surface area contributed by atoms with Gasteiger partial charge < -0.3 is 14.3 Å². The Kier molecular flexibility index (Phi) is 6.13. The number of amides is 1. The zero-order valence-corrected chi connectivity index (χ0v) is 18.4. The van der Waals surface area contributed by atoms with Gasteiger partial charge in [0.15, 0.2) is 16.8 Å². The van der Waals surface area contributed by atoms with Crippen LogP contribution in [0.1, 0.15) is 23.7 Å². The summed E-state index contributed by atoms with van der Waals surface area (Å²) in [6, 6.07) is 11.9. The molecule has 6 nitrogen and oxygen atoms in total. The number of rotatable bonds is 8. The van der Waals surface area contributed by atoms with Crippen LogP contribution in [0.3, 0.4) is 0 Å². The number of nitrogens with one attached hydrogen (secondary N) is 1. The lowest BCUT2D eigenvalue weighted by Gasteiger charge is -2.05. The van der Waals surface area contributed by atoms with Crippen molar-refractivity contribution in [3.8, 4) is 22.6 Å². The number of benzene rings is 1. The summed E-state index contributed by atoms with van der Waals surface area (Å²) in [5.41, 5.74) is 5.20. The second-order valence-electron chi connectivity index (χ2n) is 7.25. The highest BCUT2D eigenvalue weighted by molar-refractivity contribution is 7.14. The first-order valence-electron chi connectivity index (χ1n) is 10.1. The Hall–Kier alpha value is -3.45. The lowest BCUT2D eigenvalue weighted by molar-refractivity contribution is -0.116. The minimum atomic E-state index is -0.113. The molecule has 0 radical (unpaired) electrons. The number of carbonyl (C=O) groups is 1. The number of oxazole rings is 1. The maximum absolute atomic E-state index is 12.4. The lowest BCUT2D eigenvalue weighted by Crippen LogP contribution is -2.12. The molecule has 0 aliphatic heterocycles. The van der Waals surface area contributed by atoms with Gasteiger partial charge in [-0.1, -0.05) is 36.4 Å². The summed E-state index contributed by atoms with van der Waals surface area (Å²) < 4.78 is 7.96. The molecule has 0 unspecified atom stereocenters. The van der Waals surface area contributed by atoms with E-state index in [0.29, 0.717) is 23.2 Å². The van der Waals surface area contributed by atoms with Crippen LogP contribution in [0.4, 0.5) is 5.13 Å². The van der Waals surface area contributed by atoms with E-state index in [1.165, 1.54) is 11.3 Å².